The zero-order valence-corrected chi connectivity index (χ0v) is 11.4. The van der Waals surface area contributed by atoms with E-state index < -0.39 is 16.3 Å². The van der Waals surface area contributed by atoms with Gasteiger partial charge in [0.25, 0.3) is 0 Å². The number of carbonyl (C=O) groups is 1. The number of carbonyl (C=O) groups excluding carboxylic acids is 1. The van der Waals surface area contributed by atoms with E-state index in [-0.39, 0.29) is 5.82 Å². The molecule has 1 amide bonds. The average Bonchev–Trinajstić information content (AvgIpc) is 2.22. The molecule has 0 aliphatic rings. The van der Waals surface area contributed by atoms with Gasteiger partial charge in [0.05, 0.1) is 7.11 Å². The van der Waals surface area contributed by atoms with E-state index in [0.717, 1.165) is 17.1 Å². The number of hydrogen-bond donors (Lipinski definition) is 2. The maximum absolute atomic E-state index is 11.4. The number of aryl methyl sites for hydroxylation is 1. The summed E-state index contributed by atoms with van der Waals surface area (Å²) < 4.78 is 31.4. The Balaban J connectivity index is 2.83. The van der Waals surface area contributed by atoms with Gasteiger partial charge in [0, 0.05) is 10.7 Å². The summed E-state index contributed by atoms with van der Waals surface area (Å²) in [6, 6.07) is 1.51. The number of nitrogens with zero attached hydrogens (tertiary/aromatic N) is 1. The number of aromatic nitrogens is 1. The Kier molecular flexibility index (Phi) is 4.29. The molecular weight excluding hydrogens is 314 g/mol. The summed E-state index contributed by atoms with van der Waals surface area (Å²) in [4.78, 5) is 14.6. The van der Waals surface area contributed by atoms with E-state index in [1.54, 1.807) is 11.6 Å². The Morgan fingerprint density at radius 1 is 1.53 bits per heavy atom. The lowest BCUT2D eigenvalue weighted by Crippen LogP contribution is -2.35. The molecule has 0 aromatic carbocycles. The Morgan fingerprint density at radius 3 is 2.71 bits per heavy atom. The Hall–Kier alpha value is -1.35. The minimum atomic E-state index is -4.03. The van der Waals surface area contributed by atoms with Crippen molar-refractivity contribution in [1.82, 2.24) is 9.71 Å². The lowest BCUT2D eigenvalue weighted by atomic mass is 10.3. The lowest BCUT2D eigenvalue weighted by Gasteiger charge is -2.08. The van der Waals surface area contributed by atoms with Crippen molar-refractivity contribution in [3.05, 3.63) is 22.3 Å². The number of pyridine rings is 1. The van der Waals surface area contributed by atoms with Crippen LogP contribution in [0.4, 0.5) is 10.6 Å². The minimum absolute atomic E-state index is 0.0992. The molecule has 0 bridgehead atoms. The number of anilines is 1. The highest BCUT2D eigenvalue weighted by Crippen LogP contribution is 2.17. The van der Waals surface area contributed by atoms with E-state index in [2.05, 4.69) is 30.4 Å². The topological polar surface area (TPSA) is 97.4 Å². The third-order valence-electron chi connectivity index (χ3n) is 1.69. The van der Waals surface area contributed by atoms with Gasteiger partial charge in [0.2, 0.25) is 0 Å². The van der Waals surface area contributed by atoms with Gasteiger partial charge in [-0.05, 0) is 34.5 Å². The molecule has 0 aliphatic heterocycles. The molecule has 17 heavy (non-hydrogen) atoms. The van der Waals surface area contributed by atoms with Crippen LogP contribution in [0.25, 0.3) is 0 Å². The van der Waals surface area contributed by atoms with Crippen molar-refractivity contribution < 1.29 is 17.9 Å². The molecule has 0 aliphatic carbocycles. The first-order chi connectivity index (χ1) is 7.84. The Labute approximate surface area is 107 Å². The fraction of sp³-hybridized carbons (Fsp3) is 0.250. The van der Waals surface area contributed by atoms with Crippen LogP contribution in [0.5, 0.6) is 0 Å². The summed E-state index contributed by atoms with van der Waals surface area (Å²) in [7, 11) is -2.97. The third kappa shape index (κ3) is 4.19. The smallest absolute Gasteiger partial charge is 0.422 e. The van der Waals surface area contributed by atoms with Crippen LogP contribution in [-0.4, -0.2) is 26.6 Å². The van der Waals surface area contributed by atoms with Gasteiger partial charge in [0.1, 0.15) is 5.82 Å². The van der Waals surface area contributed by atoms with Crippen molar-refractivity contribution in [1.29, 1.82) is 0 Å². The summed E-state index contributed by atoms with van der Waals surface area (Å²) in [5.41, 5.74) is 0.802. The lowest BCUT2D eigenvalue weighted by molar-refractivity contribution is 0.177. The number of rotatable bonds is 3. The Bertz CT molecular complexity index is 532. The van der Waals surface area contributed by atoms with Crippen molar-refractivity contribution in [2.24, 2.45) is 0 Å². The number of halogens is 1. The normalized spacial score (nSPS) is 10.8. The second kappa shape index (κ2) is 5.32. The number of methoxy groups -OCH3 is 1. The van der Waals surface area contributed by atoms with E-state index >= 15 is 0 Å². The molecule has 0 saturated heterocycles. The van der Waals surface area contributed by atoms with Gasteiger partial charge < -0.3 is 4.74 Å². The molecule has 1 aromatic rings. The largest absolute Gasteiger partial charge is 0.452 e. The zero-order chi connectivity index (χ0) is 13.1. The summed E-state index contributed by atoms with van der Waals surface area (Å²) in [6.45, 7) is 1.78. The van der Waals surface area contributed by atoms with Gasteiger partial charge in [-0.25, -0.2) is 14.5 Å². The number of hydrogen-bond acceptors (Lipinski definition) is 5. The van der Waals surface area contributed by atoms with E-state index in [1.165, 1.54) is 12.3 Å². The second-order valence-electron chi connectivity index (χ2n) is 3.02. The highest BCUT2D eigenvalue weighted by atomic mass is 79.9. The summed E-state index contributed by atoms with van der Waals surface area (Å²) in [5, 5.41) is 0. The maximum Gasteiger partial charge on any atom is 0.422 e. The van der Waals surface area contributed by atoms with Crippen molar-refractivity contribution in [3.63, 3.8) is 0 Å². The molecule has 0 fully saturated rings. The first kappa shape index (κ1) is 13.7. The molecule has 0 atom stereocenters. The van der Waals surface area contributed by atoms with Gasteiger partial charge in [-0.15, -0.1) is 0 Å². The van der Waals surface area contributed by atoms with Crippen LogP contribution in [0.15, 0.2) is 16.7 Å². The van der Waals surface area contributed by atoms with Gasteiger partial charge >= 0.3 is 16.3 Å². The van der Waals surface area contributed by atoms with Gasteiger partial charge in [-0.1, -0.05) is 0 Å². The number of nitrogens with one attached hydrogen (secondary N) is 2. The van der Waals surface area contributed by atoms with Crippen LogP contribution in [0.3, 0.4) is 0 Å². The molecule has 0 saturated carbocycles. The van der Waals surface area contributed by atoms with Gasteiger partial charge in [-0.2, -0.15) is 8.42 Å². The minimum Gasteiger partial charge on any atom is -0.452 e. The molecule has 0 spiro atoms. The molecule has 1 aromatic heterocycles. The van der Waals surface area contributed by atoms with Crippen LogP contribution in [0.2, 0.25) is 0 Å². The summed E-state index contributed by atoms with van der Waals surface area (Å²) in [5.74, 6) is 0.0992. The highest BCUT2D eigenvalue weighted by Gasteiger charge is 2.15. The standard InChI is InChI=1S/C8H10BrN3O4S/c1-5-3-7(10-4-6(5)9)11-17(14,15)12-8(13)16-2/h3-4H,1-2H3,(H,10,11)(H,12,13). The Morgan fingerprint density at radius 2 is 2.18 bits per heavy atom. The molecule has 9 heteroatoms. The molecule has 0 radical (unpaired) electrons. The van der Waals surface area contributed by atoms with Gasteiger partial charge in [0.15, 0.2) is 0 Å². The SMILES string of the molecule is COC(=O)NS(=O)(=O)Nc1cc(C)c(Br)cn1. The summed E-state index contributed by atoms with van der Waals surface area (Å²) in [6.07, 6.45) is 0.372. The fourth-order valence-corrected chi connectivity index (χ4v) is 1.87. The first-order valence-corrected chi connectivity index (χ1v) is 6.62. The van der Waals surface area contributed by atoms with E-state index in [4.69, 9.17) is 0 Å². The fourth-order valence-electron chi connectivity index (χ4n) is 0.910. The predicted octanol–water partition coefficient (Wildman–Crippen LogP) is 1.17. The zero-order valence-electron chi connectivity index (χ0n) is 9.02. The van der Waals surface area contributed by atoms with Crippen molar-refractivity contribution >= 4 is 38.1 Å². The number of amides is 1. The van der Waals surface area contributed by atoms with Crippen LogP contribution in [0.1, 0.15) is 5.56 Å². The van der Waals surface area contributed by atoms with Crippen molar-refractivity contribution in [2.75, 3.05) is 11.8 Å². The van der Waals surface area contributed by atoms with Crippen LogP contribution in [-0.2, 0) is 14.9 Å². The predicted molar refractivity (Wildman–Crippen MR) is 64.8 cm³/mol. The van der Waals surface area contributed by atoms with Crippen LogP contribution >= 0.6 is 15.9 Å². The summed E-state index contributed by atoms with van der Waals surface area (Å²) >= 11 is 3.23. The average molecular weight is 324 g/mol. The molecule has 2 N–H and O–H groups in total. The van der Waals surface area contributed by atoms with Gasteiger partial charge in [-0.3, -0.25) is 4.72 Å². The highest BCUT2D eigenvalue weighted by molar-refractivity contribution is 9.10. The van der Waals surface area contributed by atoms with Crippen LogP contribution < -0.4 is 9.44 Å². The molecule has 0 unspecified atom stereocenters. The van der Waals surface area contributed by atoms with E-state index in [0.29, 0.717) is 0 Å². The maximum atomic E-state index is 11.4. The van der Waals surface area contributed by atoms with Crippen molar-refractivity contribution in [3.8, 4) is 0 Å². The van der Waals surface area contributed by atoms with E-state index in [9.17, 15) is 13.2 Å². The number of ether oxygens (including phenoxy) is 1. The molecule has 94 valence electrons. The molecule has 7 nitrogen and oxygen atoms in total. The third-order valence-corrected chi connectivity index (χ3v) is 3.43. The van der Waals surface area contributed by atoms with E-state index in [1.807, 2.05) is 0 Å². The van der Waals surface area contributed by atoms with Crippen molar-refractivity contribution in [2.45, 2.75) is 6.92 Å². The monoisotopic (exact) mass is 323 g/mol. The van der Waals surface area contributed by atoms with Crippen LogP contribution in [0, 0.1) is 6.92 Å². The molecular formula is C8H10BrN3O4S. The second-order valence-corrected chi connectivity index (χ2v) is 5.29. The molecule has 1 rings (SSSR count). The first-order valence-electron chi connectivity index (χ1n) is 4.34. The quantitative estimate of drug-likeness (QED) is 0.870. The molecule has 1 heterocycles.